The summed E-state index contributed by atoms with van der Waals surface area (Å²) in [5, 5.41) is 0.947. The molecule has 0 aliphatic rings. The molecule has 12 heteroatoms. The van der Waals surface area contributed by atoms with Gasteiger partial charge in [-0.3, -0.25) is 4.57 Å². The van der Waals surface area contributed by atoms with Crippen molar-refractivity contribution in [1.29, 1.82) is 0 Å². The van der Waals surface area contributed by atoms with Gasteiger partial charge in [0.05, 0.1) is 56.6 Å². The van der Waals surface area contributed by atoms with Crippen molar-refractivity contribution in [2.75, 3.05) is 47.9 Å². The molecule has 4 rings (SSSR count). The molecule has 248 valence electrons. The molecular weight excluding hydrogens is 653 g/mol. The van der Waals surface area contributed by atoms with E-state index in [2.05, 4.69) is 26.1 Å². The molecule has 0 amide bonds. The molecule has 0 spiro atoms. The van der Waals surface area contributed by atoms with Crippen LogP contribution < -0.4 is 4.74 Å². The summed E-state index contributed by atoms with van der Waals surface area (Å²) in [5.74, 6) is -1.48. The number of hydrogen-bond donors (Lipinski definition) is 0. The Morgan fingerprint density at radius 3 is 2.28 bits per heavy atom. The topological polar surface area (TPSA) is 47.4 Å². The predicted octanol–water partition coefficient (Wildman–Crippen LogP) is 8.01. The zero-order valence-corrected chi connectivity index (χ0v) is 29.6. The van der Waals surface area contributed by atoms with E-state index < -0.39 is 33.9 Å². The van der Waals surface area contributed by atoms with E-state index in [1.54, 1.807) is 35.8 Å². The normalized spacial score (nSPS) is 13.0. The van der Waals surface area contributed by atoms with E-state index in [-0.39, 0.29) is 16.2 Å². The van der Waals surface area contributed by atoms with Gasteiger partial charge in [-0.25, -0.2) is 26.7 Å². The average Bonchev–Trinajstić information content (AvgIpc) is 3.43. The Kier molecular flexibility index (Phi) is 11.7. The van der Waals surface area contributed by atoms with Crippen LogP contribution in [0.3, 0.4) is 0 Å². The summed E-state index contributed by atoms with van der Waals surface area (Å²) < 4.78 is 67.8. The quantitative estimate of drug-likeness (QED) is 0.0992. The fourth-order valence-corrected chi connectivity index (χ4v) is 7.54. The van der Waals surface area contributed by atoms with E-state index in [9.17, 15) is 8.60 Å². The molecular formula is C34H41ClF3N4O2S2+. The van der Waals surface area contributed by atoms with Crippen LogP contribution in [-0.4, -0.2) is 70.4 Å². The van der Waals surface area contributed by atoms with Crippen LogP contribution in [0.15, 0.2) is 70.8 Å². The first-order valence-electron chi connectivity index (χ1n) is 14.9. The van der Waals surface area contributed by atoms with Gasteiger partial charge in [-0.05, 0) is 54.1 Å². The highest BCUT2D eigenvalue weighted by Crippen LogP contribution is 2.39. The van der Waals surface area contributed by atoms with Gasteiger partial charge in [0.1, 0.15) is 34.2 Å². The lowest BCUT2D eigenvalue weighted by molar-refractivity contribution is -0.870. The summed E-state index contributed by atoms with van der Waals surface area (Å²) >= 11 is 7.44. The fourth-order valence-electron chi connectivity index (χ4n) is 5.10. The first kappa shape index (κ1) is 36.0. The lowest BCUT2D eigenvalue weighted by atomic mass is 9.81. The van der Waals surface area contributed by atoms with Crippen molar-refractivity contribution in [3.05, 3.63) is 100 Å². The van der Waals surface area contributed by atoms with E-state index in [4.69, 9.17) is 16.3 Å². The maximum absolute atomic E-state index is 15.4. The Morgan fingerprint density at radius 1 is 1.04 bits per heavy atom. The third kappa shape index (κ3) is 8.36. The van der Waals surface area contributed by atoms with Gasteiger partial charge in [0, 0.05) is 41.9 Å². The minimum absolute atomic E-state index is 0.0710. The molecule has 0 N–H and O–H groups in total. The minimum Gasteiger partial charge on any atom is -0.495 e. The molecule has 3 aromatic carbocycles. The second kappa shape index (κ2) is 14.9. The van der Waals surface area contributed by atoms with E-state index in [1.807, 2.05) is 37.5 Å². The number of benzene rings is 3. The van der Waals surface area contributed by atoms with Gasteiger partial charge in [0.15, 0.2) is 5.16 Å². The fraction of sp³-hybridized carbons (Fsp3) is 0.382. The third-order valence-electron chi connectivity index (χ3n) is 7.81. The monoisotopic (exact) mass is 693 g/mol. The lowest BCUT2D eigenvalue weighted by Gasteiger charge is -2.28. The summed E-state index contributed by atoms with van der Waals surface area (Å²) in [5.41, 5.74) is 1.53. The molecule has 6 nitrogen and oxygen atoms in total. The van der Waals surface area contributed by atoms with E-state index in [0.717, 1.165) is 52.6 Å². The Bertz CT molecular complexity index is 1670. The smallest absolute Gasteiger partial charge is 0.173 e. The molecule has 46 heavy (non-hydrogen) atoms. The molecule has 0 bridgehead atoms. The number of hydrogen-bond acceptors (Lipinski definition) is 4. The SMILES string of the molecule is CCN(CCC[N+](C)(C)C)S(=O)c1cc(F)c(CSc2ncc(C(C)(C)c3ccc(Cl)c(OC)c3)n2-c2ccc(F)cc2)c(F)c1. The number of nitrogens with zero attached hydrogens (tertiary/aromatic N) is 4. The molecule has 0 fully saturated rings. The first-order valence-corrected chi connectivity index (χ1v) is 17.4. The molecule has 0 saturated heterocycles. The number of rotatable bonds is 14. The van der Waals surface area contributed by atoms with Crippen LogP contribution in [0.4, 0.5) is 13.2 Å². The number of halogens is 4. The highest BCUT2D eigenvalue weighted by molar-refractivity contribution is 7.98. The first-order chi connectivity index (χ1) is 21.7. The zero-order chi connectivity index (χ0) is 33.8. The second-order valence-electron chi connectivity index (χ2n) is 12.5. The lowest BCUT2D eigenvalue weighted by Crippen LogP contribution is -2.37. The Labute approximate surface area is 281 Å². The average molecular weight is 694 g/mol. The maximum atomic E-state index is 15.4. The molecule has 1 aromatic heterocycles. The largest absolute Gasteiger partial charge is 0.495 e. The van der Waals surface area contributed by atoms with Crippen LogP contribution in [0.5, 0.6) is 5.75 Å². The van der Waals surface area contributed by atoms with Crippen LogP contribution in [0.2, 0.25) is 5.02 Å². The van der Waals surface area contributed by atoms with Crippen LogP contribution >= 0.6 is 23.4 Å². The van der Waals surface area contributed by atoms with Crippen LogP contribution in [0.1, 0.15) is 44.0 Å². The molecule has 1 unspecified atom stereocenters. The van der Waals surface area contributed by atoms with Crippen molar-refractivity contribution in [1.82, 2.24) is 13.9 Å². The zero-order valence-electron chi connectivity index (χ0n) is 27.2. The molecule has 1 heterocycles. The van der Waals surface area contributed by atoms with Gasteiger partial charge in [-0.1, -0.05) is 50.2 Å². The number of thioether (sulfide) groups is 1. The number of imidazole rings is 1. The molecule has 0 radical (unpaired) electrons. The highest BCUT2D eigenvalue weighted by atomic mass is 35.5. The van der Waals surface area contributed by atoms with Crippen molar-refractivity contribution >= 4 is 34.3 Å². The van der Waals surface area contributed by atoms with Crippen molar-refractivity contribution < 1.29 is 26.6 Å². The van der Waals surface area contributed by atoms with Gasteiger partial charge in [-0.15, -0.1) is 0 Å². The van der Waals surface area contributed by atoms with Crippen molar-refractivity contribution in [3.8, 4) is 11.4 Å². The third-order valence-corrected chi connectivity index (χ3v) is 10.7. The predicted molar refractivity (Wildman–Crippen MR) is 181 cm³/mol. The summed E-state index contributed by atoms with van der Waals surface area (Å²) in [7, 11) is 6.09. The van der Waals surface area contributed by atoms with Gasteiger partial charge < -0.3 is 9.22 Å². The van der Waals surface area contributed by atoms with Crippen LogP contribution in [0, 0.1) is 17.5 Å². The minimum atomic E-state index is -1.70. The number of aromatic nitrogens is 2. The molecule has 0 saturated carbocycles. The highest BCUT2D eigenvalue weighted by Gasteiger charge is 2.31. The molecule has 0 aliphatic carbocycles. The molecule has 4 aromatic rings. The molecule has 1 atom stereocenters. The van der Waals surface area contributed by atoms with Gasteiger partial charge in [0.25, 0.3) is 0 Å². The Hall–Kier alpha value is -2.83. The summed E-state index contributed by atoms with van der Waals surface area (Å²) in [6.45, 7) is 7.82. The number of ether oxygens (including phenoxy) is 1. The van der Waals surface area contributed by atoms with Gasteiger partial charge >= 0.3 is 0 Å². The van der Waals surface area contributed by atoms with Gasteiger partial charge in [0.2, 0.25) is 0 Å². The summed E-state index contributed by atoms with van der Waals surface area (Å²) in [6.07, 6.45) is 2.51. The van der Waals surface area contributed by atoms with Crippen molar-refractivity contribution in [3.63, 3.8) is 0 Å². The summed E-state index contributed by atoms with van der Waals surface area (Å²) in [6, 6.07) is 13.8. The number of methoxy groups -OCH3 is 1. The standard InChI is InChI=1S/C34H41ClF3N4O2S2/c1-8-40(16-9-17-42(4,5)6)46(43)26-19-29(37)27(30(38)20-26)22-45-33-39-21-32(41(33)25-13-11-24(36)12-14-25)34(2,3)23-10-15-28(35)31(18-23)44-7/h10-15,18-21H,8-9,16-17,22H2,1-7H3/q+1. The van der Waals surface area contributed by atoms with Crippen LogP contribution in [-0.2, 0) is 22.2 Å². The van der Waals surface area contributed by atoms with E-state index >= 15 is 8.78 Å². The van der Waals surface area contributed by atoms with E-state index in [0.29, 0.717) is 34.7 Å². The van der Waals surface area contributed by atoms with Crippen LogP contribution in [0.25, 0.3) is 5.69 Å². The van der Waals surface area contributed by atoms with Crippen molar-refractivity contribution in [2.45, 2.75) is 48.4 Å². The summed E-state index contributed by atoms with van der Waals surface area (Å²) in [4.78, 5) is 4.73. The van der Waals surface area contributed by atoms with Gasteiger partial charge in [-0.2, -0.15) is 0 Å². The molecule has 0 aliphatic heterocycles. The maximum Gasteiger partial charge on any atom is 0.173 e. The Morgan fingerprint density at radius 2 is 1.70 bits per heavy atom. The second-order valence-corrected chi connectivity index (χ2v) is 15.3. The Balaban J connectivity index is 1.64. The van der Waals surface area contributed by atoms with E-state index in [1.165, 1.54) is 12.1 Å². The van der Waals surface area contributed by atoms with Crippen molar-refractivity contribution in [2.24, 2.45) is 0 Å². The number of quaternary nitrogens is 1.